The number of carbonyl (C=O) groups is 1. The van der Waals surface area contributed by atoms with Crippen LogP contribution in [0.2, 0.25) is 0 Å². The first kappa shape index (κ1) is 7.75. The lowest BCUT2D eigenvalue weighted by molar-refractivity contribution is 0.0697. The van der Waals surface area contributed by atoms with E-state index in [0.29, 0.717) is 5.56 Å². The molecule has 0 spiro atoms. The van der Waals surface area contributed by atoms with Gasteiger partial charge in [-0.05, 0) is 17.7 Å². The van der Waals surface area contributed by atoms with E-state index in [1.165, 1.54) is 24.3 Å². The molecule has 3 nitrogen and oxygen atoms in total. The lowest BCUT2D eigenvalue weighted by Crippen LogP contribution is -1.95. The summed E-state index contributed by atoms with van der Waals surface area (Å²) in [4.78, 5) is 10.3. The number of carboxylic acid groups (broad SMARTS) is 1. The van der Waals surface area contributed by atoms with Crippen LogP contribution in [0.4, 0.5) is 0 Å². The van der Waals surface area contributed by atoms with E-state index in [2.05, 4.69) is 0 Å². The van der Waals surface area contributed by atoms with E-state index in [1.54, 1.807) is 0 Å². The van der Waals surface area contributed by atoms with Crippen LogP contribution in [0.1, 0.15) is 15.9 Å². The largest absolute Gasteiger partial charge is 0.478 e. The minimum absolute atomic E-state index is 0.218. The molecule has 57 valence electrons. The van der Waals surface area contributed by atoms with Gasteiger partial charge in [0.1, 0.15) is 6.61 Å². The van der Waals surface area contributed by atoms with Gasteiger partial charge >= 0.3 is 5.97 Å². The van der Waals surface area contributed by atoms with E-state index in [-0.39, 0.29) is 5.56 Å². The van der Waals surface area contributed by atoms with Crippen LogP contribution in [0.25, 0.3) is 0 Å². The predicted molar refractivity (Wildman–Crippen MR) is 38.7 cm³/mol. The monoisotopic (exact) mass is 151 g/mol. The second-order valence-electron chi connectivity index (χ2n) is 2.06. The fraction of sp³-hybridized carbons (Fsp3) is 0. The molecule has 0 aliphatic carbocycles. The van der Waals surface area contributed by atoms with Crippen molar-refractivity contribution >= 4 is 5.97 Å². The van der Waals surface area contributed by atoms with Gasteiger partial charge in [0, 0.05) is 0 Å². The van der Waals surface area contributed by atoms with Gasteiger partial charge in [-0.2, -0.15) is 0 Å². The summed E-state index contributed by atoms with van der Waals surface area (Å²) >= 11 is 0. The summed E-state index contributed by atoms with van der Waals surface area (Å²) in [5, 5.41) is 17.0. The van der Waals surface area contributed by atoms with Crippen LogP contribution in [0.15, 0.2) is 24.3 Å². The highest BCUT2D eigenvalue weighted by atomic mass is 16.4. The van der Waals surface area contributed by atoms with Gasteiger partial charge in [-0.25, -0.2) is 4.79 Å². The Balaban J connectivity index is 2.91. The van der Waals surface area contributed by atoms with Crippen LogP contribution in [0, 0.1) is 6.61 Å². The maximum Gasteiger partial charge on any atom is 0.335 e. The van der Waals surface area contributed by atoms with Crippen LogP contribution in [0.3, 0.4) is 0 Å². The first-order chi connectivity index (χ1) is 5.24. The van der Waals surface area contributed by atoms with E-state index in [1.807, 2.05) is 0 Å². The molecule has 2 N–H and O–H groups in total. The summed E-state index contributed by atoms with van der Waals surface area (Å²) in [6, 6.07) is 5.93. The zero-order valence-electron chi connectivity index (χ0n) is 5.69. The Morgan fingerprint density at radius 2 is 1.82 bits per heavy atom. The standard InChI is InChI=1S/C8H7O3/c9-5-6-1-3-7(4-2-6)8(10)11/h1-5,9H,(H,10,11). The van der Waals surface area contributed by atoms with Gasteiger partial charge in [0.2, 0.25) is 0 Å². The van der Waals surface area contributed by atoms with Crippen molar-refractivity contribution in [3.8, 4) is 0 Å². The van der Waals surface area contributed by atoms with Crippen LogP contribution >= 0.6 is 0 Å². The summed E-state index contributed by atoms with van der Waals surface area (Å²) in [6.07, 6.45) is 0. The zero-order chi connectivity index (χ0) is 8.27. The lowest BCUT2D eigenvalue weighted by Gasteiger charge is -1.95. The number of aliphatic hydroxyl groups excluding tert-OH is 1. The van der Waals surface area contributed by atoms with Crippen molar-refractivity contribution in [2.24, 2.45) is 0 Å². The maximum atomic E-state index is 10.3. The second-order valence-corrected chi connectivity index (χ2v) is 2.06. The van der Waals surface area contributed by atoms with E-state index >= 15 is 0 Å². The van der Waals surface area contributed by atoms with Crippen LogP contribution in [0.5, 0.6) is 0 Å². The van der Waals surface area contributed by atoms with Gasteiger partial charge in [-0.15, -0.1) is 0 Å². The average molecular weight is 151 g/mol. The lowest BCUT2D eigenvalue weighted by atomic mass is 10.1. The van der Waals surface area contributed by atoms with Crippen molar-refractivity contribution in [2.75, 3.05) is 0 Å². The summed E-state index contributed by atoms with van der Waals surface area (Å²) in [7, 11) is 0. The number of aromatic carboxylic acids is 1. The molecule has 0 saturated carbocycles. The van der Waals surface area contributed by atoms with Gasteiger partial charge in [0.25, 0.3) is 0 Å². The molecule has 0 aliphatic rings. The van der Waals surface area contributed by atoms with Crippen molar-refractivity contribution in [2.45, 2.75) is 0 Å². The molecule has 0 amide bonds. The van der Waals surface area contributed by atoms with Crippen molar-refractivity contribution in [1.29, 1.82) is 0 Å². The molecular weight excluding hydrogens is 144 g/mol. The topological polar surface area (TPSA) is 57.5 Å². The fourth-order valence-corrected chi connectivity index (χ4v) is 0.712. The minimum atomic E-state index is -0.963. The predicted octanol–water partition coefficient (Wildman–Crippen LogP) is 1.27. The van der Waals surface area contributed by atoms with Gasteiger partial charge in [0.15, 0.2) is 0 Å². The first-order valence-electron chi connectivity index (χ1n) is 3.05. The molecule has 0 heterocycles. The Hall–Kier alpha value is -1.35. The first-order valence-corrected chi connectivity index (χ1v) is 3.05. The van der Waals surface area contributed by atoms with Crippen LogP contribution < -0.4 is 0 Å². The van der Waals surface area contributed by atoms with Crippen molar-refractivity contribution in [1.82, 2.24) is 0 Å². The van der Waals surface area contributed by atoms with Crippen LogP contribution in [-0.2, 0) is 0 Å². The molecule has 1 aromatic rings. The highest BCUT2D eigenvalue weighted by Gasteiger charge is 2.00. The summed E-state index contributed by atoms with van der Waals surface area (Å²) in [6.45, 7) is 0.922. The van der Waals surface area contributed by atoms with Gasteiger partial charge in [-0.3, -0.25) is 0 Å². The smallest absolute Gasteiger partial charge is 0.335 e. The number of hydrogen-bond donors (Lipinski definition) is 2. The van der Waals surface area contributed by atoms with Gasteiger partial charge in [0.05, 0.1) is 5.56 Å². The highest BCUT2D eigenvalue weighted by molar-refractivity contribution is 5.87. The number of carboxylic acids is 1. The molecule has 0 aliphatic heterocycles. The quantitative estimate of drug-likeness (QED) is 0.669. The van der Waals surface area contributed by atoms with Crippen molar-refractivity contribution < 1.29 is 15.0 Å². The Morgan fingerprint density at radius 3 is 2.18 bits per heavy atom. The van der Waals surface area contributed by atoms with E-state index in [0.717, 1.165) is 6.61 Å². The Morgan fingerprint density at radius 1 is 1.27 bits per heavy atom. The number of hydrogen-bond acceptors (Lipinski definition) is 2. The molecule has 3 heteroatoms. The summed E-state index contributed by atoms with van der Waals surface area (Å²) in [5.41, 5.74) is 0.811. The average Bonchev–Trinajstić information content (AvgIpc) is 2.05. The van der Waals surface area contributed by atoms with E-state index < -0.39 is 5.97 Å². The molecule has 1 aromatic carbocycles. The Labute approximate surface area is 63.9 Å². The van der Waals surface area contributed by atoms with Gasteiger partial charge < -0.3 is 10.2 Å². The van der Waals surface area contributed by atoms with Gasteiger partial charge in [-0.1, -0.05) is 12.1 Å². The second kappa shape index (κ2) is 3.16. The van der Waals surface area contributed by atoms with Crippen molar-refractivity contribution in [3.05, 3.63) is 42.0 Å². The number of rotatable bonds is 2. The SMILES string of the molecule is O=C(O)c1ccc([CH]O)cc1. The molecule has 0 bridgehead atoms. The molecule has 0 fully saturated rings. The molecular formula is C8H7O3. The van der Waals surface area contributed by atoms with E-state index in [9.17, 15) is 4.79 Å². The van der Waals surface area contributed by atoms with Crippen LogP contribution in [-0.4, -0.2) is 16.2 Å². The third kappa shape index (κ3) is 1.78. The Bertz CT molecular complexity index is 251. The summed E-state index contributed by atoms with van der Waals surface area (Å²) < 4.78 is 0. The molecule has 1 rings (SSSR count). The molecule has 11 heavy (non-hydrogen) atoms. The fourth-order valence-electron chi connectivity index (χ4n) is 0.712. The van der Waals surface area contributed by atoms with E-state index in [4.69, 9.17) is 10.2 Å². The minimum Gasteiger partial charge on any atom is -0.478 e. The molecule has 0 saturated heterocycles. The van der Waals surface area contributed by atoms with Crippen molar-refractivity contribution in [3.63, 3.8) is 0 Å². The zero-order valence-corrected chi connectivity index (χ0v) is 5.69. The number of benzene rings is 1. The third-order valence-electron chi connectivity index (χ3n) is 1.31. The maximum absolute atomic E-state index is 10.3. The molecule has 0 aromatic heterocycles. The molecule has 0 unspecified atom stereocenters. The molecule has 0 atom stereocenters. The highest BCUT2D eigenvalue weighted by Crippen LogP contribution is 2.04. The molecule has 1 radical (unpaired) electrons. The number of aliphatic hydroxyl groups is 1. The Kier molecular flexibility index (Phi) is 2.23. The summed E-state index contributed by atoms with van der Waals surface area (Å²) in [5.74, 6) is -0.963. The normalized spacial score (nSPS) is 9.55. The third-order valence-corrected chi connectivity index (χ3v) is 1.31.